The van der Waals surface area contributed by atoms with Gasteiger partial charge in [-0.05, 0) is 25.0 Å². The summed E-state index contributed by atoms with van der Waals surface area (Å²) in [5, 5.41) is 4.24. The molecule has 0 radical (unpaired) electrons. The Kier molecular flexibility index (Phi) is 5.41. The molecule has 4 rings (SSSR count). The van der Waals surface area contributed by atoms with Crippen LogP contribution in [0.3, 0.4) is 0 Å². The van der Waals surface area contributed by atoms with Crippen LogP contribution in [0, 0.1) is 0 Å². The molecule has 2 aromatic heterocycles. The Morgan fingerprint density at radius 1 is 1.28 bits per heavy atom. The van der Waals surface area contributed by atoms with Crippen molar-refractivity contribution in [3.63, 3.8) is 0 Å². The predicted molar refractivity (Wildman–Crippen MR) is 109 cm³/mol. The fraction of sp³-hybridized carbons (Fsp3) is 0.333. The largest absolute Gasteiger partial charge is 0.493 e. The van der Waals surface area contributed by atoms with E-state index in [2.05, 4.69) is 15.1 Å². The van der Waals surface area contributed by atoms with Crippen molar-refractivity contribution < 1.29 is 9.53 Å². The van der Waals surface area contributed by atoms with Crippen molar-refractivity contribution in [3.05, 3.63) is 54.6 Å². The number of rotatable bonds is 6. The quantitative estimate of drug-likeness (QED) is 0.692. The molecule has 0 saturated carbocycles. The van der Waals surface area contributed by atoms with E-state index in [-0.39, 0.29) is 17.9 Å². The lowest BCUT2D eigenvalue weighted by Crippen LogP contribution is -2.32. The average molecular weight is 392 g/mol. The molecule has 1 amide bonds. The van der Waals surface area contributed by atoms with Crippen LogP contribution >= 0.6 is 0 Å². The first-order valence-corrected chi connectivity index (χ1v) is 9.70. The number of aryl methyl sites for hydroxylation is 1. The predicted octanol–water partition coefficient (Wildman–Crippen LogP) is 2.59. The molecule has 3 aromatic rings. The van der Waals surface area contributed by atoms with Gasteiger partial charge in [0, 0.05) is 37.1 Å². The Balaban J connectivity index is 1.51. The third-order valence-corrected chi connectivity index (χ3v) is 5.07. The van der Waals surface area contributed by atoms with Crippen LogP contribution in [-0.4, -0.2) is 43.7 Å². The number of nitrogen functional groups attached to an aromatic ring is 1. The Bertz CT molecular complexity index is 988. The van der Waals surface area contributed by atoms with Gasteiger partial charge in [0.2, 0.25) is 11.9 Å². The molecule has 29 heavy (non-hydrogen) atoms. The van der Waals surface area contributed by atoms with E-state index in [1.54, 1.807) is 17.1 Å². The zero-order valence-corrected chi connectivity index (χ0v) is 16.4. The molecule has 1 saturated heterocycles. The fourth-order valence-electron chi connectivity index (χ4n) is 3.71. The van der Waals surface area contributed by atoms with E-state index in [1.807, 2.05) is 48.5 Å². The van der Waals surface area contributed by atoms with Gasteiger partial charge in [-0.15, -0.1) is 0 Å². The smallest absolute Gasteiger partial charge is 0.226 e. The molecule has 150 valence electrons. The van der Waals surface area contributed by atoms with Crippen molar-refractivity contribution in [2.24, 2.45) is 7.05 Å². The van der Waals surface area contributed by atoms with Gasteiger partial charge in [-0.1, -0.05) is 18.2 Å². The number of nitrogens with two attached hydrogens (primary N) is 1. The number of hydrogen-bond acceptors (Lipinski definition) is 6. The summed E-state index contributed by atoms with van der Waals surface area (Å²) in [5.74, 6) is 1.03. The number of ether oxygens (including phenoxy) is 1. The molecule has 8 heteroatoms. The highest BCUT2D eigenvalue weighted by Crippen LogP contribution is 2.36. The van der Waals surface area contributed by atoms with E-state index in [9.17, 15) is 4.79 Å². The van der Waals surface area contributed by atoms with Crippen LogP contribution in [0.25, 0.3) is 11.1 Å². The SMILES string of the molecule is Cn1cc(-c2cnc(N)nc2C2CCCN2C(=O)CCOc2ccccc2)cn1. The Morgan fingerprint density at radius 3 is 2.86 bits per heavy atom. The molecule has 1 aliphatic rings. The van der Waals surface area contributed by atoms with Gasteiger partial charge in [-0.25, -0.2) is 9.97 Å². The maximum Gasteiger partial charge on any atom is 0.226 e. The lowest BCUT2D eigenvalue weighted by Gasteiger charge is -2.26. The van der Waals surface area contributed by atoms with E-state index in [0.717, 1.165) is 35.4 Å². The first kappa shape index (κ1) is 18.9. The molecule has 0 spiro atoms. The summed E-state index contributed by atoms with van der Waals surface area (Å²) >= 11 is 0. The molecule has 1 unspecified atom stereocenters. The van der Waals surface area contributed by atoms with Crippen molar-refractivity contribution in [1.29, 1.82) is 0 Å². The van der Waals surface area contributed by atoms with Crippen LogP contribution in [-0.2, 0) is 11.8 Å². The molecule has 1 aliphatic heterocycles. The van der Waals surface area contributed by atoms with Crippen LogP contribution in [0.1, 0.15) is 31.0 Å². The Labute approximate surface area is 169 Å². The molecular weight excluding hydrogens is 368 g/mol. The minimum Gasteiger partial charge on any atom is -0.493 e. The average Bonchev–Trinajstić information content (AvgIpc) is 3.38. The highest BCUT2D eigenvalue weighted by molar-refractivity contribution is 5.78. The molecule has 1 atom stereocenters. The van der Waals surface area contributed by atoms with Crippen molar-refractivity contribution in [2.45, 2.75) is 25.3 Å². The molecule has 0 aliphatic carbocycles. The first-order valence-electron chi connectivity index (χ1n) is 9.70. The third-order valence-electron chi connectivity index (χ3n) is 5.07. The number of nitrogens with zero attached hydrogens (tertiary/aromatic N) is 5. The van der Waals surface area contributed by atoms with Gasteiger partial charge in [-0.3, -0.25) is 9.48 Å². The summed E-state index contributed by atoms with van der Waals surface area (Å²) in [6.45, 7) is 1.04. The highest BCUT2D eigenvalue weighted by Gasteiger charge is 2.33. The number of benzene rings is 1. The standard InChI is InChI=1S/C21H24N6O2/c1-26-14-15(12-24-26)17-13-23-21(22)25-20(17)18-8-5-10-27(18)19(28)9-11-29-16-6-3-2-4-7-16/h2-4,6-7,12-14,18H,5,8-11H2,1H3,(H2,22,23,25). The topological polar surface area (TPSA) is 99.2 Å². The summed E-state index contributed by atoms with van der Waals surface area (Å²) in [5.41, 5.74) is 8.43. The minimum absolute atomic E-state index is 0.0535. The van der Waals surface area contributed by atoms with Crippen molar-refractivity contribution >= 4 is 11.9 Å². The summed E-state index contributed by atoms with van der Waals surface area (Å²) in [4.78, 5) is 23.5. The number of anilines is 1. The second kappa shape index (κ2) is 8.30. The van der Waals surface area contributed by atoms with E-state index >= 15 is 0 Å². The normalized spacial score (nSPS) is 16.2. The van der Waals surface area contributed by atoms with Crippen molar-refractivity contribution in [3.8, 4) is 16.9 Å². The Morgan fingerprint density at radius 2 is 2.10 bits per heavy atom. The number of amides is 1. The lowest BCUT2D eigenvalue weighted by molar-refractivity contribution is -0.132. The number of carbonyl (C=O) groups is 1. The zero-order chi connectivity index (χ0) is 20.2. The molecule has 0 bridgehead atoms. The summed E-state index contributed by atoms with van der Waals surface area (Å²) in [7, 11) is 1.86. The number of para-hydroxylation sites is 1. The maximum atomic E-state index is 12.9. The van der Waals surface area contributed by atoms with Gasteiger partial charge in [0.05, 0.1) is 31.0 Å². The molecule has 3 heterocycles. The van der Waals surface area contributed by atoms with Gasteiger partial charge < -0.3 is 15.4 Å². The lowest BCUT2D eigenvalue weighted by atomic mass is 10.0. The second-order valence-electron chi connectivity index (χ2n) is 7.09. The molecular formula is C21H24N6O2. The van der Waals surface area contributed by atoms with Gasteiger partial charge in [0.25, 0.3) is 0 Å². The highest BCUT2D eigenvalue weighted by atomic mass is 16.5. The van der Waals surface area contributed by atoms with Crippen LogP contribution < -0.4 is 10.5 Å². The molecule has 2 N–H and O–H groups in total. The maximum absolute atomic E-state index is 12.9. The van der Waals surface area contributed by atoms with Crippen LogP contribution in [0.5, 0.6) is 5.75 Å². The first-order chi connectivity index (χ1) is 14.1. The van der Waals surface area contributed by atoms with Gasteiger partial charge >= 0.3 is 0 Å². The van der Waals surface area contributed by atoms with Crippen molar-refractivity contribution in [1.82, 2.24) is 24.6 Å². The third kappa shape index (κ3) is 4.21. The fourth-order valence-corrected chi connectivity index (χ4v) is 3.71. The van der Waals surface area contributed by atoms with Crippen LogP contribution in [0.4, 0.5) is 5.95 Å². The van der Waals surface area contributed by atoms with Crippen LogP contribution in [0.2, 0.25) is 0 Å². The molecule has 8 nitrogen and oxygen atoms in total. The van der Waals surface area contributed by atoms with E-state index in [1.165, 1.54) is 0 Å². The van der Waals surface area contributed by atoms with E-state index in [0.29, 0.717) is 19.6 Å². The van der Waals surface area contributed by atoms with E-state index in [4.69, 9.17) is 10.5 Å². The summed E-state index contributed by atoms with van der Waals surface area (Å²) in [6, 6.07) is 9.39. The minimum atomic E-state index is -0.125. The van der Waals surface area contributed by atoms with E-state index < -0.39 is 0 Å². The molecule has 1 aromatic carbocycles. The number of hydrogen-bond donors (Lipinski definition) is 1. The number of aromatic nitrogens is 4. The zero-order valence-electron chi connectivity index (χ0n) is 16.4. The van der Waals surface area contributed by atoms with Gasteiger partial charge in [0.1, 0.15) is 5.75 Å². The Hall–Kier alpha value is -3.42. The summed E-state index contributed by atoms with van der Waals surface area (Å²) in [6.07, 6.45) is 7.48. The van der Waals surface area contributed by atoms with Gasteiger partial charge in [-0.2, -0.15) is 5.10 Å². The van der Waals surface area contributed by atoms with Crippen molar-refractivity contribution in [2.75, 3.05) is 18.9 Å². The molecule has 1 fully saturated rings. The number of carbonyl (C=O) groups excluding carboxylic acids is 1. The van der Waals surface area contributed by atoms with Crippen LogP contribution in [0.15, 0.2) is 48.9 Å². The number of likely N-dealkylation sites (tertiary alicyclic amines) is 1. The summed E-state index contributed by atoms with van der Waals surface area (Å²) < 4.78 is 7.42. The van der Waals surface area contributed by atoms with Gasteiger partial charge in [0.15, 0.2) is 0 Å². The second-order valence-corrected chi connectivity index (χ2v) is 7.09. The monoisotopic (exact) mass is 392 g/mol.